The topological polar surface area (TPSA) is 39.7 Å². The number of hydrogen-bond donors (Lipinski definition) is 1. The molecule has 1 unspecified atom stereocenters. The van der Waals surface area contributed by atoms with Gasteiger partial charge in [0.1, 0.15) is 12.4 Å². The lowest BCUT2D eigenvalue weighted by atomic mass is 10.2. The van der Waals surface area contributed by atoms with Crippen LogP contribution in [-0.4, -0.2) is 39.1 Å². The van der Waals surface area contributed by atoms with E-state index in [0.717, 1.165) is 12.3 Å². The summed E-state index contributed by atoms with van der Waals surface area (Å²) in [4.78, 5) is 0. The average Bonchev–Trinajstić information content (AvgIpc) is 3.27. The Balaban J connectivity index is 1.70. The first kappa shape index (κ1) is 15.3. The van der Waals surface area contributed by atoms with E-state index >= 15 is 0 Å². The van der Waals surface area contributed by atoms with Crippen LogP contribution in [0.1, 0.15) is 25.3 Å². The molecule has 0 heterocycles. The van der Waals surface area contributed by atoms with Crippen molar-refractivity contribution in [2.45, 2.75) is 38.5 Å². The van der Waals surface area contributed by atoms with Crippen LogP contribution in [0.2, 0.25) is 0 Å². The first-order chi connectivity index (χ1) is 9.79. The van der Waals surface area contributed by atoms with Crippen molar-refractivity contribution in [1.29, 1.82) is 0 Å². The summed E-state index contributed by atoms with van der Waals surface area (Å²) in [6.45, 7) is 4.63. The summed E-state index contributed by atoms with van der Waals surface area (Å²) in [6.07, 6.45) is 2.71. The lowest BCUT2D eigenvalue weighted by molar-refractivity contribution is -0.00223. The molecule has 2 rings (SSSR count). The Morgan fingerprint density at radius 3 is 2.80 bits per heavy atom. The summed E-state index contributed by atoms with van der Waals surface area (Å²) in [6, 6.07) is 8.89. The summed E-state index contributed by atoms with van der Waals surface area (Å²) in [5, 5.41) is 3.51. The average molecular weight is 279 g/mol. The van der Waals surface area contributed by atoms with Crippen LogP contribution < -0.4 is 10.1 Å². The SMILES string of the molecule is COCC(C)OCCOc1ccccc1CNC1CC1. The molecule has 1 atom stereocenters. The van der Waals surface area contributed by atoms with Crippen LogP contribution in [0, 0.1) is 0 Å². The monoisotopic (exact) mass is 279 g/mol. The minimum Gasteiger partial charge on any atom is -0.491 e. The van der Waals surface area contributed by atoms with Crippen molar-refractivity contribution < 1.29 is 14.2 Å². The highest BCUT2D eigenvalue weighted by Crippen LogP contribution is 2.22. The van der Waals surface area contributed by atoms with Gasteiger partial charge in [-0.25, -0.2) is 0 Å². The number of methoxy groups -OCH3 is 1. The number of rotatable bonds is 10. The third-order valence-corrected chi connectivity index (χ3v) is 3.28. The minimum atomic E-state index is 0.107. The van der Waals surface area contributed by atoms with Crippen molar-refractivity contribution in [3.63, 3.8) is 0 Å². The molecule has 20 heavy (non-hydrogen) atoms. The third-order valence-electron chi connectivity index (χ3n) is 3.28. The molecule has 1 fully saturated rings. The Morgan fingerprint density at radius 2 is 2.05 bits per heavy atom. The quantitative estimate of drug-likeness (QED) is 0.668. The number of para-hydroxylation sites is 1. The second-order valence-corrected chi connectivity index (χ2v) is 5.25. The molecular weight excluding hydrogens is 254 g/mol. The van der Waals surface area contributed by atoms with E-state index in [1.165, 1.54) is 18.4 Å². The van der Waals surface area contributed by atoms with Gasteiger partial charge in [0, 0.05) is 25.3 Å². The zero-order valence-corrected chi connectivity index (χ0v) is 12.4. The van der Waals surface area contributed by atoms with Crippen molar-refractivity contribution >= 4 is 0 Å². The lowest BCUT2D eigenvalue weighted by Crippen LogP contribution is -2.19. The summed E-state index contributed by atoms with van der Waals surface area (Å²) in [5.74, 6) is 0.948. The third kappa shape index (κ3) is 5.49. The van der Waals surface area contributed by atoms with Gasteiger partial charge in [0.15, 0.2) is 0 Å². The standard InChI is InChI=1S/C16H25NO3/c1-13(12-18-2)19-9-10-20-16-6-4-3-5-14(16)11-17-15-7-8-15/h3-6,13,15,17H,7-12H2,1-2H3. The molecule has 0 amide bonds. The van der Waals surface area contributed by atoms with Crippen LogP contribution in [0.25, 0.3) is 0 Å². The van der Waals surface area contributed by atoms with E-state index in [1.54, 1.807) is 7.11 Å². The van der Waals surface area contributed by atoms with Crippen LogP contribution in [0.3, 0.4) is 0 Å². The van der Waals surface area contributed by atoms with Crippen LogP contribution in [0.15, 0.2) is 24.3 Å². The van der Waals surface area contributed by atoms with Gasteiger partial charge in [-0.3, -0.25) is 0 Å². The predicted octanol–water partition coefficient (Wildman–Crippen LogP) is 2.37. The van der Waals surface area contributed by atoms with E-state index in [9.17, 15) is 0 Å². The molecule has 0 bridgehead atoms. The fourth-order valence-electron chi connectivity index (χ4n) is 2.02. The van der Waals surface area contributed by atoms with E-state index in [-0.39, 0.29) is 6.10 Å². The van der Waals surface area contributed by atoms with Gasteiger partial charge in [0.2, 0.25) is 0 Å². The fourth-order valence-corrected chi connectivity index (χ4v) is 2.02. The van der Waals surface area contributed by atoms with E-state index in [2.05, 4.69) is 11.4 Å². The van der Waals surface area contributed by atoms with Crippen LogP contribution in [0.4, 0.5) is 0 Å². The first-order valence-corrected chi connectivity index (χ1v) is 7.34. The fraction of sp³-hybridized carbons (Fsp3) is 0.625. The van der Waals surface area contributed by atoms with E-state index in [0.29, 0.717) is 25.9 Å². The van der Waals surface area contributed by atoms with Crippen molar-refractivity contribution in [2.24, 2.45) is 0 Å². The molecule has 4 heteroatoms. The molecule has 0 saturated heterocycles. The number of benzene rings is 1. The van der Waals surface area contributed by atoms with Crippen molar-refractivity contribution in [2.75, 3.05) is 26.9 Å². The molecule has 0 aromatic heterocycles. The molecular formula is C16H25NO3. The number of hydrogen-bond acceptors (Lipinski definition) is 4. The summed E-state index contributed by atoms with van der Waals surface area (Å²) < 4.78 is 16.4. The van der Waals surface area contributed by atoms with Gasteiger partial charge in [-0.15, -0.1) is 0 Å². The van der Waals surface area contributed by atoms with Gasteiger partial charge in [-0.05, 0) is 25.8 Å². The second-order valence-electron chi connectivity index (χ2n) is 5.25. The second kappa shape index (κ2) is 8.25. The van der Waals surface area contributed by atoms with Crippen LogP contribution >= 0.6 is 0 Å². The normalized spacial score (nSPS) is 16.1. The maximum absolute atomic E-state index is 5.81. The van der Waals surface area contributed by atoms with E-state index < -0.39 is 0 Å². The highest BCUT2D eigenvalue weighted by atomic mass is 16.5. The van der Waals surface area contributed by atoms with Gasteiger partial charge >= 0.3 is 0 Å². The van der Waals surface area contributed by atoms with E-state index in [4.69, 9.17) is 14.2 Å². The highest BCUT2D eigenvalue weighted by Gasteiger charge is 2.20. The van der Waals surface area contributed by atoms with Gasteiger partial charge < -0.3 is 19.5 Å². The maximum Gasteiger partial charge on any atom is 0.123 e. The van der Waals surface area contributed by atoms with Crippen molar-refractivity contribution in [3.8, 4) is 5.75 Å². The predicted molar refractivity (Wildman–Crippen MR) is 79.1 cm³/mol. The molecule has 1 N–H and O–H groups in total. The summed E-state index contributed by atoms with van der Waals surface area (Å²) in [5.41, 5.74) is 1.21. The molecule has 112 valence electrons. The van der Waals surface area contributed by atoms with Crippen molar-refractivity contribution in [3.05, 3.63) is 29.8 Å². The molecule has 0 aliphatic heterocycles. The molecule has 4 nitrogen and oxygen atoms in total. The molecule has 1 aliphatic carbocycles. The minimum absolute atomic E-state index is 0.107. The zero-order valence-electron chi connectivity index (χ0n) is 12.4. The Bertz CT molecular complexity index is 393. The largest absolute Gasteiger partial charge is 0.491 e. The van der Waals surface area contributed by atoms with Gasteiger partial charge in [0.05, 0.1) is 19.3 Å². The Hall–Kier alpha value is -1.10. The van der Waals surface area contributed by atoms with Crippen LogP contribution in [-0.2, 0) is 16.0 Å². The van der Waals surface area contributed by atoms with Crippen LogP contribution in [0.5, 0.6) is 5.75 Å². The van der Waals surface area contributed by atoms with Crippen molar-refractivity contribution in [1.82, 2.24) is 5.32 Å². The molecule has 1 saturated carbocycles. The Kier molecular flexibility index (Phi) is 6.30. The van der Waals surface area contributed by atoms with Gasteiger partial charge in [0.25, 0.3) is 0 Å². The molecule has 0 radical (unpaired) electrons. The molecule has 1 aromatic rings. The molecule has 0 spiro atoms. The Labute approximate surface area is 121 Å². The number of nitrogens with one attached hydrogen (secondary N) is 1. The summed E-state index contributed by atoms with van der Waals surface area (Å²) >= 11 is 0. The smallest absolute Gasteiger partial charge is 0.123 e. The first-order valence-electron chi connectivity index (χ1n) is 7.34. The maximum atomic E-state index is 5.81. The van der Waals surface area contributed by atoms with Gasteiger partial charge in [-0.2, -0.15) is 0 Å². The molecule has 1 aliphatic rings. The Morgan fingerprint density at radius 1 is 1.25 bits per heavy atom. The van der Waals surface area contributed by atoms with E-state index in [1.807, 2.05) is 25.1 Å². The highest BCUT2D eigenvalue weighted by molar-refractivity contribution is 5.33. The summed E-state index contributed by atoms with van der Waals surface area (Å²) in [7, 11) is 1.68. The van der Waals surface area contributed by atoms with Gasteiger partial charge in [-0.1, -0.05) is 18.2 Å². The number of ether oxygens (including phenoxy) is 3. The lowest BCUT2D eigenvalue weighted by Gasteiger charge is -2.14. The molecule has 1 aromatic carbocycles. The zero-order chi connectivity index (χ0) is 14.2.